The molecule has 172 valence electrons. The molecule has 4 rings (SSSR count). The number of aromatic nitrogens is 3. The van der Waals surface area contributed by atoms with E-state index in [-0.39, 0.29) is 0 Å². The summed E-state index contributed by atoms with van der Waals surface area (Å²) in [4.78, 5) is 12.3. The highest BCUT2D eigenvalue weighted by molar-refractivity contribution is 5.94. The number of methoxy groups -OCH3 is 2. The standard InChI is InChI=1S/C26H36N4O2/c1-17-15-18(2)24(19(3)16-17)30-22-10-8-7-9-21(22)23-25(27-20(4)28-26(23)30)29(11-13-31-5)12-14-32-6/h15-16H,7-14H2,1-6H3. The fourth-order valence-corrected chi connectivity index (χ4v) is 5.23. The molecule has 6 nitrogen and oxygen atoms in total. The summed E-state index contributed by atoms with van der Waals surface area (Å²) in [5, 5.41) is 1.21. The van der Waals surface area contributed by atoms with E-state index in [0.717, 1.165) is 43.2 Å². The first-order valence-corrected chi connectivity index (χ1v) is 11.7. The Labute approximate surface area is 191 Å². The van der Waals surface area contributed by atoms with Crippen LogP contribution in [-0.2, 0) is 22.3 Å². The van der Waals surface area contributed by atoms with Gasteiger partial charge < -0.3 is 14.4 Å². The van der Waals surface area contributed by atoms with Crippen molar-refractivity contribution >= 4 is 16.9 Å². The second kappa shape index (κ2) is 9.59. The van der Waals surface area contributed by atoms with Crippen LogP contribution in [0.25, 0.3) is 16.7 Å². The van der Waals surface area contributed by atoms with Gasteiger partial charge in [0, 0.05) is 33.0 Å². The molecule has 32 heavy (non-hydrogen) atoms. The van der Waals surface area contributed by atoms with Crippen LogP contribution in [0.1, 0.15) is 46.6 Å². The lowest BCUT2D eigenvalue weighted by Crippen LogP contribution is -2.32. The van der Waals surface area contributed by atoms with Crippen LogP contribution in [0.15, 0.2) is 12.1 Å². The molecule has 0 unspecified atom stereocenters. The third kappa shape index (κ3) is 4.14. The topological polar surface area (TPSA) is 52.4 Å². The highest BCUT2D eigenvalue weighted by atomic mass is 16.5. The fraction of sp³-hybridized carbons (Fsp3) is 0.538. The molecule has 0 bridgehead atoms. The first-order valence-electron chi connectivity index (χ1n) is 11.7. The highest BCUT2D eigenvalue weighted by Crippen LogP contribution is 2.39. The van der Waals surface area contributed by atoms with Crippen molar-refractivity contribution in [3.05, 3.63) is 45.9 Å². The maximum atomic E-state index is 5.41. The molecule has 0 N–H and O–H groups in total. The maximum absolute atomic E-state index is 5.41. The van der Waals surface area contributed by atoms with Gasteiger partial charge in [-0.2, -0.15) is 0 Å². The minimum Gasteiger partial charge on any atom is -0.383 e. The first kappa shape index (κ1) is 22.7. The van der Waals surface area contributed by atoms with Gasteiger partial charge in [0.25, 0.3) is 0 Å². The van der Waals surface area contributed by atoms with Gasteiger partial charge in [-0.15, -0.1) is 0 Å². The van der Waals surface area contributed by atoms with Crippen LogP contribution in [0.3, 0.4) is 0 Å². The Morgan fingerprint density at radius 3 is 2.16 bits per heavy atom. The van der Waals surface area contributed by atoms with Crippen LogP contribution < -0.4 is 4.90 Å². The van der Waals surface area contributed by atoms with Crippen molar-refractivity contribution in [3.63, 3.8) is 0 Å². The SMILES string of the molecule is COCCN(CCOC)c1nc(C)nc2c1c1c(n2-c2c(C)cc(C)cc2C)CCCC1. The van der Waals surface area contributed by atoms with Gasteiger partial charge in [-0.05, 0) is 70.1 Å². The van der Waals surface area contributed by atoms with Crippen LogP contribution in [0.4, 0.5) is 5.82 Å². The largest absolute Gasteiger partial charge is 0.383 e. The quantitative estimate of drug-likeness (QED) is 0.515. The molecule has 1 aliphatic carbocycles. The average Bonchev–Trinajstić information content (AvgIpc) is 3.07. The van der Waals surface area contributed by atoms with E-state index in [4.69, 9.17) is 19.4 Å². The van der Waals surface area contributed by atoms with Crippen LogP contribution in [0, 0.1) is 27.7 Å². The highest BCUT2D eigenvalue weighted by Gasteiger charge is 2.28. The molecule has 2 heterocycles. The zero-order valence-corrected chi connectivity index (χ0v) is 20.4. The number of anilines is 1. The smallest absolute Gasteiger partial charge is 0.150 e. The van der Waals surface area contributed by atoms with Crippen molar-refractivity contribution in [3.8, 4) is 5.69 Å². The number of fused-ring (bicyclic) bond motifs is 3. The molecule has 6 heteroatoms. The molecule has 0 atom stereocenters. The van der Waals surface area contributed by atoms with Crippen LogP contribution >= 0.6 is 0 Å². The lowest BCUT2D eigenvalue weighted by atomic mass is 9.95. The number of benzene rings is 1. The average molecular weight is 437 g/mol. The van der Waals surface area contributed by atoms with Crippen LogP contribution in [0.2, 0.25) is 0 Å². The van der Waals surface area contributed by atoms with Crippen LogP contribution in [-0.4, -0.2) is 55.1 Å². The normalized spacial score (nSPS) is 13.6. The summed E-state index contributed by atoms with van der Waals surface area (Å²) in [6.45, 7) is 11.4. The van der Waals surface area contributed by atoms with Gasteiger partial charge in [0.15, 0.2) is 5.65 Å². The van der Waals surface area contributed by atoms with E-state index in [1.54, 1.807) is 14.2 Å². The van der Waals surface area contributed by atoms with Gasteiger partial charge in [0.2, 0.25) is 0 Å². The van der Waals surface area contributed by atoms with E-state index in [1.165, 1.54) is 51.9 Å². The lowest BCUT2D eigenvalue weighted by molar-refractivity contribution is 0.190. The van der Waals surface area contributed by atoms with Crippen LogP contribution in [0.5, 0.6) is 0 Å². The Morgan fingerprint density at radius 1 is 0.906 bits per heavy atom. The molecule has 0 spiro atoms. The summed E-state index contributed by atoms with van der Waals surface area (Å²) in [6.07, 6.45) is 4.57. The number of aryl methyl sites for hydroxylation is 5. The molecule has 0 saturated heterocycles. The fourth-order valence-electron chi connectivity index (χ4n) is 5.23. The predicted octanol–water partition coefficient (Wildman–Crippen LogP) is 4.63. The Balaban J connectivity index is 2.02. The molecule has 0 aliphatic heterocycles. The minimum atomic E-state index is 0.646. The number of ether oxygens (including phenoxy) is 2. The van der Waals surface area contributed by atoms with Crippen molar-refractivity contribution in [2.45, 2.75) is 53.4 Å². The van der Waals surface area contributed by atoms with E-state index in [0.29, 0.717) is 13.2 Å². The van der Waals surface area contributed by atoms with E-state index >= 15 is 0 Å². The summed E-state index contributed by atoms with van der Waals surface area (Å²) in [6, 6.07) is 4.56. The predicted molar refractivity (Wildman–Crippen MR) is 130 cm³/mol. The Hall–Kier alpha value is -2.44. The van der Waals surface area contributed by atoms with Crippen molar-refractivity contribution in [1.29, 1.82) is 0 Å². The van der Waals surface area contributed by atoms with E-state index < -0.39 is 0 Å². The molecule has 2 aromatic heterocycles. The van der Waals surface area contributed by atoms with Gasteiger partial charge in [-0.1, -0.05) is 17.7 Å². The molecule has 3 aromatic rings. The van der Waals surface area contributed by atoms with Crippen molar-refractivity contribution < 1.29 is 9.47 Å². The van der Waals surface area contributed by atoms with Crippen molar-refractivity contribution in [2.75, 3.05) is 45.4 Å². The van der Waals surface area contributed by atoms with Gasteiger partial charge in [0.1, 0.15) is 11.6 Å². The van der Waals surface area contributed by atoms with Gasteiger partial charge in [0.05, 0.1) is 24.3 Å². The summed E-state index contributed by atoms with van der Waals surface area (Å²) >= 11 is 0. The summed E-state index contributed by atoms with van der Waals surface area (Å²) in [7, 11) is 3.49. The molecule has 1 aromatic carbocycles. The van der Waals surface area contributed by atoms with Gasteiger partial charge >= 0.3 is 0 Å². The number of hydrogen-bond acceptors (Lipinski definition) is 5. The van der Waals surface area contributed by atoms with E-state index in [2.05, 4.69) is 42.4 Å². The summed E-state index contributed by atoms with van der Waals surface area (Å²) in [5.41, 5.74) is 9.01. The van der Waals surface area contributed by atoms with E-state index in [9.17, 15) is 0 Å². The first-order chi connectivity index (χ1) is 15.5. The maximum Gasteiger partial charge on any atom is 0.150 e. The zero-order valence-electron chi connectivity index (χ0n) is 20.4. The third-order valence-electron chi connectivity index (χ3n) is 6.49. The Bertz CT molecular complexity index is 1090. The number of rotatable bonds is 8. The number of nitrogens with zero attached hydrogens (tertiary/aromatic N) is 4. The van der Waals surface area contributed by atoms with Crippen molar-refractivity contribution in [1.82, 2.24) is 14.5 Å². The van der Waals surface area contributed by atoms with Gasteiger partial charge in [-0.25, -0.2) is 9.97 Å². The monoisotopic (exact) mass is 436 g/mol. The molecule has 0 amide bonds. The zero-order chi connectivity index (χ0) is 22.8. The van der Waals surface area contributed by atoms with Crippen molar-refractivity contribution in [2.24, 2.45) is 0 Å². The Morgan fingerprint density at radius 2 is 1.53 bits per heavy atom. The minimum absolute atomic E-state index is 0.646. The van der Waals surface area contributed by atoms with E-state index in [1.807, 2.05) is 6.92 Å². The second-order valence-electron chi connectivity index (χ2n) is 8.98. The summed E-state index contributed by atoms with van der Waals surface area (Å²) < 4.78 is 13.3. The summed E-state index contributed by atoms with van der Waals surface area (Å²) in [5.74, 6) is 1.81. The molecule has 0 radical (unpaired) electrons. The number of hydrogen-bond donors (Lipinski definition) is 0. The second-order valence-corrected chi connectivity index (χ2v) is 8.98. The molecule has 1 aliphatic rings. The molecule has 0 saturated carbocycles. The molecular formula is C26H36N4O2. The Kier molecular flexibility index (Phi) is 6.82. The third-order valence-corrected chi connectivity index (χ3v) is 6.49. The molecular weight excluding hydrogens is 400 g/mol. The van der Waals surface area contributed by atoms with Gasteiger partial charge in [-0.3, -0.25) is 4.57 Å². The lowest BCUT2D eigenvalue weighted by Gasteiger charge is -2.24. The molecule has 0 fully saturated rings.